The molecule has 0 saturated heterocycles. The zero-order valence-corrected chi connectivity index (χ0v) is 13.7. The Morgan fingerprint density at radius 3 is 2.00 bits per heavy atom. The minimum atomic E-state index is -1.27. The van der Waals surface area contributed by atoms with Gasteiger partial charge in [0.1, 0.15) is 0 Å². The van der Waals surface area contributed by atoms with Crippen molar-refractivity contribution in [3.8, 4) is 0 Å². The number of urea groups is 1. The predicted octanol–water partition coefficient (Wildman–Crippen LogP) is 3.27. The van der Waals surface area contributed by atoms with Gasteiger partial charge in [0, 0.05) is 12.1 Å². The van der Waals surface area contributed by atoms with Crippen molar-refractivity contribution in [2.24, 2.45) is 0 Å². The van der Waals surface area contributed by atoms with Crippen LogP contribution in [0, 0.1) is 0 Å². The lowest BCUT2D eigenvalue weighted by Gasteiger charge is -2.41. The average molecular weight is 336 g/mol. The second-order valence-electron chi connectivity index (χ2n) is 6.69. The van der Waals surface area contributed by atoms with Crippen molar-refractivity contribution in [3.05, 3.63) is 5.69 Å². The van der Waals surface area contributed by atoms with Crippen LogP contribution in [-0.2, 0) is 0 Å². The summed E-state index contributed by atoms with van der Waals surface area (Å²) in [7, 11) is 0. The van der Waals surface area contributed by atoms with E-state index in [1.54, 1.807) is 0 Å². The Balaban J connectivity index is 1.76. The molecule has 24 heavy (non-hydrogen) atoms. The molecule has 3 rings (SSSR count). The van der Waals surface area contributed by atoms with Crippen LogP contribution in [0.3, 0.4) is 0 Å². The maximum Gasteiger partial charge on any atom is 0.362 e. The molecule has 0 aromatic carbocycles. The molecule has 0 unspecified atom stereocenters. The number of carboxylic acids is 1. The molecule has 0 radical (unpaired) electrons. The maximum absolute atomic E-state index is 12.9. The van der Waals surface area contributed by atoms with E-state index in [4.69, 9.17) is 5.11 Å². The van der Waals surface area contributed by atoms with Gasteiger partial charge in [0.25, 0.3) is 0 Å². The first-order valence-electron chi connectivity index (χ1n) is 8.82. The normalized spacial score (nSPS) is 19.8. The summed E-state index contributed by atoms with van der Waals surface area (Å²) in [6, 6.07) is 0.150. The number of anilines is 1. The zero-order chi connectivity index (χ0) is 16.9. The summed E-state index contributed by atoms with van der Waals surface area (Å²) < 4.78 is 4.46. The van der Waals surface area contributed by atoms with Crippen molar-refractivity contribution in [1.29, 1.82) is 0 Å². The number of hydrogen-bond donors (Lipinski definition) is 2. The van der Waals surface area contributed by atoms with Crippen molar-refractivity contribution in [3.63, 3.8) is 0 Å². The van der Waals surface area contributed by atoms with Crippen LogP contribution in [0.4, 0.5) is 10.6 Å². The highest BCUT2D eigenvalue weighted by molar-refractivity contribution is 5.97. The fourth-order valence-corrected chi connectivity index (χ4v) is 3.92. The van der Waals surface area contributed by atoms with E-state index in [2.05, 4.69) is 20.3 Å². The second-order valence-corrected chi connectivity index (χ2v) is 6.69. The fourth-order valence-electron chi connectivity index (χ4n) is 3.92. The highest BCUT2D eigenvalue weighted by Gasteiger charge is 2.33. The molecule has 2 saturated carbocycles. The van der Waals surface area contributed by atoms with Crippen LogP contribution in [0.2, 0.25) is 0 Å². The van der Waals surface area contributed by atoms with Crippen LogP contribution in [0.25, 0.3) is 0 Å². The Morgan fingerprint density at radius 1 is 0.958 bits per heavy atom. The third-order valence-corrected chi connectivity index (χ3v) is 5.09. The number of aromatic carboxylic acids is 1. The molecule has 1 heterocycles. The molecule has 2 aliphatic carbocycles. The molecule has 2 N–H and O–H groups in total. The second kappa shape index (κ2) is 7.63. The van der Waals surface area contributed by atoms with Crippen LogP contribution in [0.15, 0.2) is 4.63 Å². The minimum absolute atomic E-state index is 0.121. The lowest BCUT2D eigenvalue weighted by molar-refractivity contribution is 0.0686. The van der Waals surface area contributed by atoms with Crippen molar-refractivity contribution in [2.45, 2.75) is 76.3 Å². The Kier molecular flexibility index (Phi) is 5.32. The molecule has 2 amide bonds. The fraction of sp³-hybridized carbons (Fsp3) is 0.750. The third kappa shape index (κ3) is 3.68. The molecule has 0 bridgehead atoms. The molecule has 0 aliphatic heterocycles. The number of aromatic nitrogens is 2. The third-order valence-electron chi connectivity index (χ3n) is 5.09. The van der Waals surface area contributed by atoms with Gasteiger partial charge in [-0.05, 0) is 36.0 Å². The largest absolute Gasteiger partial charge is 0.476 e. The number of rotatable bonds is 4. The van der Waals surface area contributed by atoms with Gasteiger partial charge in [-0.2, -0.15) is 0 Å². The summed E-state index contributed by atoms with van der Waals surface area (Å²) in [5, 5.41) is 18.5. The van der Waals surface area contributed by atoms with Gasteiger partial charge in [0.2, 0.25) is 11.5 Å². The lowest BCUT2D eigenvalue weighted by atomic mass is 9.89. The molecule has 0 spiro atoms. The van der Waals surface area contributed by atoms with E-state index in [-0.39, 0.29) is 29.6 Å². The lowest BCUT2D eigenvalue weighted by Crippen LogP contribution is -2.50. The first-order chi connectivity index (χ1) is 11.7. The Labute approximate surface area is 140 Å². The number of carbonyl (C=O) groups excluding carboxylic acids is 1. The molecule has 1 aromatic rings. The summed E-state index contributed by atoms with van der Waals surface area (Å²) in [5.41, 5.74) is -0.365. The Bertz CT molecular complexity index is 558. The number of hydrogen-bond acceptors (Lipinski definition) is 5. The first kappa shape index (κ1) is 16.7. The van der Waals surface area contributed by atoms with Crippen molar-refractivity contribution in [2.75, 3.05) is 5.32 Å². The summed E-state index contributed by atoms with van der Waals surface area (Å²) in [6.45, 7) is 0. The summed E-state index contributed by atoms with van der Waals surface area (Å²) in [4.78, 5) is 25.9. The highest BCUT2D eigenvalue weighted by atomic mass is 16.6. The molecule has 132 valence electrons. The van der Waals surface area contributed by atoms with E-state index in [0.717, 1.165) is 51.4 Å². The molecular weight excluding hydrogens is 312 g/mol. The number of carbonyl (C=O) groups is 2. The zero-order valence-electron chi connectivity index (χ0n) is 13.7. The van der Waals surface area contributed by atoms with E-state index < -0.39 is 5.97 Å². The van der Waals surface area contributed by atoms with Crippen molar-refractivity contribution >= 4 is 17.8 Å². The summed E-state index contributed by atoms with van der Waals surface area (Å²) >= 11 is 0. The smallest absolute Gasteiger partial charge is 0.362 e. The summed E-state index contributed by atoms with van der Waals surface area (Å²) in [5.74, 6) is -1.39. The molecule has 8 nitrogen and oxygen atoms in total. The van der Waals surface area contributed by atoms with Crippen LogP contribution >= 0.6 is 0 Å². The van der Waals surface area contributed by atoms with E-state index in [1.807, 2.05) is 4.90 Å². The van der Waals surface area contributed by atoms with Gasteiger partial charge in [-0.15, -0.1) is 0 Å². The topological polar surface area (TPSA) is 109 Å². The molecule has 1 aromatic heterocycles. The van der Waals surface area contributed by atoms with Gasteiger partial charge in [0.15, 0.2) is 0 Å². The standard InChI is InChI=1S/C16H24N4O4/c21-15(22)13-14(19-24-18-13)17-16(23)20(11-7-3-1-4-8-11)12-9-5-2-6-10-12/h11-12H,1-10H2,(H,21,22)(H,17,19,23). The minimum Gasteiger partial charge on any atom is -0.476 e. The van der Waals surface area contributed by atoms with Gasteiger partial charge in [-0.3, -0.25) is 5.32 Å². The monoisotopic (exact) mass is 336 g/mol. The van der Waals surface area contributed by atoms with Gasteiger partial charge in [-0.1, -0.05) is 38.5 Å². The molecule has 8 heteroatoms. The number of nitrogens with one attached hydrogen (secondary N) is 1. The highest BCUT2D eigenvalue weighted by Crippen LogP contribution is 2.30. The summed E-state index contributed by atoms with van der Waals surface area (Å²) in [6.07, 6.45) is 11.0. The van der Waals surface area contributed by atoms with E-state index in [1.165, 1.54) is 12.8 Å². The van der Waals surface area contributed by atoms with Gasteiger partial charge in [0.05, 0.1) is 0 Å². The first-order valence-corrected chi connectivity index (χ1v) is 8.82. The van der Waals surface area contributed by atoms with Crippen LogP contribution < -0.4 is 5.32 Å². The van der Waals surface area contributed by atoms with E-state index >= 15 is 0 Å². The Hall–Kier alpha value is -2.12. The van der Waals surface area contributed by atoms with Gasteiger partial charge >= 0.3 is 12.0 Å². The predicted molar refractivity (Wildman–Crippen MR) is 85.9 cm³/mol. The van der Waals surface area contributed by atoms with Crippen LogP contribution in [0.1, 0.15) is 74.7 Å². The van der Waals surface area contributed by atoms with Gasteiger partial charge in [-0.25, -0.2) is 14.2 Å². The molecule has 2 fully saturated rings. The average Bonchev–Trinajstić information content (AvgIpc) is 3.05. The van der Waals surface area contributed by atoms with Crippen molar-refractivity contribution < 1.29 is 19.3 Å². The van der Waals surface area contributed by atoms with Crippen LogP contribution in [-0.4, -0.2) is 44.4 Å². The maximum atomic E-state index is 12.9. The van der Waals surface area contributed by atoms with E-state index in [0.29, 0.717) is 0 Å². The molecular formula is C16H24N4O4. The van der Waals surface area contributed by atoms with Gasteiger partial charge < -0.3 is 10.0 Å². The number of nitrogens with zero attached hydrogens (tertiary/aromatic N) is 3. The quantitative estimate of drug-likeness (QED) is 0.873. The van der Waals surface area contributed by atoms with Crippen molar-refractivity contribution in [1.82, 2.24) is 15.2 Å². The Morgan fingerprint density at radius 2 is 1.50 bits per heavy atom. The molecule has 2 aliphatic rings. The molecule has 0 atom stereocenters. The SMILES string of the molecule is O=C(O)c1nonc1NC(=O)N(C1CCCCC1)C1CCCCC1. The van der Waals surface area contributed by atoms with E-state index in [9.17, 15) is 9.59 Å². The van der Waals surface area contributed by atoms with Crippen LogP contribution in [0.5, 0.6) is 0 Å². The number of amides is 2. The number of carboxylic acid groups (broad SMARTS) is 1.